The Balaban J connectivity index is 1.70. The number of carbonyl (C=O) groups excluding carboxylic acids is 3. The topological polar surface area (TPSA) is 66.5 Å². The minimum absolute atomic E-state index is 0.353. The van der Waals surface area contributed by atoms with E-state index in [1.165, 1.54) is 6.07 Å². The number of amides is 3. The zero-order chi connectivity index (χ0) is 16.6. The molecule has 1 aliphatic carbocycles. The molecule has 23 heavy (non-hydrogen) atoms. The maximum absolute atomic E-state index is 13.5. The SMILES string of the molecule is O=C(CN1C(=O)C2CCCCC2C1=O)Nc1c(F)cccc1F. The first-order chi connectivity index (χ1) is 11.0. The fourth-order valence-electron chi connectivity index (χ4n) is 3.33. The van der Waals surface area contributed by atoms with Gasteiger partial charge in [-0.15, -0.1) is 0 Å². The molecule has 1 aromatic carbocycles. The lowest BCUT2D eigenvalue weighted by Crippen LogP contribution is -2.38. The van der Waals surface area contributed by atoms with Crippen LogP contribution in [0, 0.1) is 23.5 Å². The lowest BCUT2D eigenvalue weighted by molar-refractivity contribution is -0.142. The number of hydrogen-bond acceptors (Lipinski definition) is 3. The highest BCUT2D eigenvalue weighted by atomic mass is 19.1. The van der Waals surface area contributed by atoms with Gasteiger partial charge in [-0.1, -0.05) is 18.9 Å². The van der Waals surface area contributed by atoms with Crippen LogP contribution in [0.3, 0.4) is 0 Å². The van der Waals surface area contributed by atoms with Crippen molar-refractivity contribution in [3.8, 4) is 0 Å². The van der Waals surface area contributed by atoms with Gasteiger partial charge in [0.25, 0.3) is 0 Å². The molecule has 0 radical (unpaired) electrons. The smallest absolute Gasteiger partial charge is 0.244 e. The van der Waals surface area contributed by atoms with E-state index in [-0.39, 0.29) is 23.7 Å². The summed E-state index contributed by atoms with van der Waals surface area (Å²) in [5.41, 5.74) is -0.575. The van der Waals surface area contributed by atoms with Crippen molar-refractivity contribution in [1.82, 2.24) is 4.90 Å². The molecule has 2 aliphatic rings. The van der Waals surface area contributed by atoms with E-state index in [0.29, 0.717) is 12.8 Å². The summed E-state index contributed by atoms with van der Waals surface area (Å²) in [5, 5.41) is 2.09. The zero-order valence-corrected chi connectivity index (χ0v) is 12.4. The predicted molar refractivity (Wildman–Crippen MR) is 77.2 cm³/mol. The normalized spacial score (nSPS) is 23.8. The third kappa shape index (κ3) is 2.83. The van der Waals surface area contributed by atoms with Gasteiger partial charge in [0.1, 0.15) is 23.9 Å². The first-order valence-corrected chi connectivity index (χ1v) is 7.58. The molecule has 1 aromatic rings. The number of benzene rings is 1. The van der Waals surface area contributed by atoms with Crippen molar-refractivity contribution >= 4 is 23.4 Å². The highest BCUT2D eigenvalue weighted by molar-refractivity contribution is 6.08. The summed E-state index contributed by atoms with van der Waals surface area (Å²) in [6.07, 6.45) is 3.08. The molecule has 1 heterocycles. The van der Waals surface area contributed by atoms with Crippen LogP contribution in [-0.2, 0) is 14.4 Å². The zero-order valence-electron chi connectivity index (χ0n) is 12.4. The number of fused-ring (bicyclic) bond motifs is 1. The number of rotatable bonds is 3. The number of carbonyl (C=O) groups is 3. The molecule has 122 valence electrons. The highest BCUT2D eigenvalue weighted by Crippen LogP contribution is 2.37. The first kappa shape index (κ1) is 15.6. The summed E-state index contributed by atoms with van der Waals surface area (Å²) in [6, 6.07) is 3.21. The van der Waals surface area contributed by atoms with Crippen LogP contribution >= 0.6 is 0 Å². The molecular formula is C16H16F2N2O3. The number of nitrogens with zero attached hydrogens (tertiary/aromatic N) is 1. The van der Waals surface area contributed by atoms with E-state index < -0.39 is 29.8 Å². The summed E-state index contributed by atoms with van der Waals surface area (Å²) in [6.45, 7) is -0.515. The van der Waals surface area contributed by atoms with E-state index in [1.807, 2.05) is 0 Å². The van der Waals surface area contributed by atoms with Gasteiger partial charge in [0.2, 0.25) is 17.7 Å². The molecule has 7 heteroatoms. The Kier molecular flexibility index (Phi) is 4.11. The van der Waals surface area contributed by atoms with Gasteiger partial charge in [0.05, 0.1) is 11.8 Å². The second-order valence-electron chi connectivity index (χ2n) is 5.90. The first-order valence-electron chi connectivity index (χ1n) is 7.58. The van der Waals surface area contributed by atoms with E-state index >= 15 is 0 Å². The Labute approximate surface area is 131 Å². The molecule has 1 aliphatic heterocycles. The molecule has 0 aromatic heterocycles. The largest absolute Gasteiger partial charge is 0.320 e. The molecule has 0 spiro atoms. The van der Waals surface area contributed by atoms with E-state index in [9.17, 15) is 23.2 Å². The van der Waals surface area contributed by atoms with E-state index in [4.69, 9.17) is 0 Å². The van der Waals surface area contributed by atoms with Crippen molar-refractivity contribution in [3.63, 3.8) is 0 Å². The minimum atomic E-state index is -0.911. The van der Waals surface area contributed by atoms with Crippen molar-refractivity contribution in [2.45, 2.75) is 25.7 Å². The summed E-state index contributed by atoms with van der Waals surface area (Å²) >= 11 is 0. The molecule has 0 bridgehead atoms. The average molecular weight is 322 g/mol. The molecule has 2 unspecified atom stereocenters. The molecular weight excluding hydrogens is 306 g/mol. The van der Waals surface area contributed by atoms with Crippen LogP contribution in [0.5, 0.6) is 0 Å². The van der Waals surface area contributed by atoms with E-state index in [2.05, 4.69) is 5.32 Å². The predicted octanol–water partition coefficient (Wildman–Crippen LogP) is 2.08. The van der Waals surface area contributed by atoms with Crippen molar-refractivity contribution in [2.75, 3.05) is 11.9 Å². The van der Waals surface area contributed by atoms with Crippen molar-refractivity contribution in [3.05, 3.63) is 29.8 Å². The number of likely N-dealkylation sites (tertiary alicyclic amines) is 1. The lowest BCUT2D eigenvalue weighted by atomic mass is 9.81. The third-order valence-electron chi connectivity index (χ3n) is 4.46. The lowest BCUT2D eigenvalue weighted by Gasteiger charge is -2.19. The van der Waals surface area contributed by atoms with Gasteiger partial charge in [-0.3, -0.25) is 19.3 Å². The third-order valence-corrected chi connectivity index (χ3v) is 4.46. The van der Waals surface area contributed by atoms with Gasteiger partial charge in [-0.05, 0) is 25.0 Å². The van der Waals surface area contributed by atoms with Crippen LogP contribution in [0.2, 0.25) is 0 Å². The minimum Gasteiger partial charge on any atom is -0.320 e. The van der Waals surface area contributed by atoms with Gasteiger partial charge >= 0.3 is 0 Å². The fourth-order valence-corrected chi connectivity index (χ4v) is 3.33. The van der Waals surface area contributed by atoms with Crippen LogP contribution in [0.1, 0.15) is 25.7 Å². The van der Waals surface area contributed by atoms with Crippen LogP contribution in [0.15, 0.2) is 18.2 Å². The maximum atomic E-state index is 13.5. The Bertz CT molecular complexity index is 633. The summed E-state index contributed by atoms with van der Waals surface area (Å²) in [4.78, 5) is 37.4. The molecule has 2 atom stereocenters. The average Bonchev–Trinajstić information content (AvgIpc) is 2.77. The summed E-state index contributed by atoms with van der Waals surface area (Å²) in [5.74, 6) is -4.04. The van der Waals surface area contributed by atoms with Gasteiger partial charge in [-0.2, -0.15) is 0 Å². The van der Waals surface area contributed by atoms with Gasteiger partial charge in [0.15, 0.2) is 0 Å². The highest BCUT2D eigenvalue weighted by Gasteiger charge is 2.48. The van der Waals surface area contributed by atoms with Crippen molar-refractivity contribution in [2.24, 2.45) is 11.8 Å². The number of hydrogen-bond donors (Lipinski definition) is 1. The summed E-state index contributed by atoms with van der Waals surface area (Å²) in [7, 11) is 0. The second kappa shape index (κ2) is 6.06. The van der Waals surface area contributed by atoms with E-state index in [0.717, 1.165) is 29.9 Å². The Morgan fingerprint density at radius 3 is 2.13 bits per heavy atom. The van der Waals surface area contributed by atoms with Gasteiger partial charge in [0, 0.05) is 0 Å². The number of para-hydroxylation sites is 1. The van der Waals surface area contributed by atoms with Crippen LogP contribution < -0.4 is 5.32 Å². The van der Waals surface area contributed by atoms with E-state index in [1.54, 1.807) is 0 Å². The molecule has 3 amide bonds. The Hall–Kier alpha value is -2.31. The molecule has 1 N–H and O–H groups in total. The fraction of sp³-hybridized carbons (Fsp3) is 0.438. The number of anilines is 1. The second-order valence-corrected chi connectivity index (χ2v) is 5.90. The Morgan fingerprint density at radius 2 is 1.61 bits per heavy atom. The van der Waals surface area contributed by atoms with Crippen molar-refractivity contribution < 1.29 is 23.2 Å². The number of imide groups is 1. The molecule has 5 nitrogen and oxygen atoms in total. The monoisotopic (exact) mass is 322 g/mol. The standard InChI is InChI=1S/C16H16F2N2O3/c17-11-6-3-7-12(18)14(11)19-13(21)8-20-15(22)9-4-1-2-5-10(9)16(20)23/h3,6-7,9-10H,1-2,4-5,8H2,(H,19,21). The van der Waals surface area contributed by atoms with Crippen LogP contribution in [-0.4, -0.2) is 29.2 Å². The Morgan fingerprint density at radius 1 is 1.09 bits per heavy atom. The van der Waals surface area contributed by atoms with Gasteiger partial charge < -0.3 is 5.32 Å². The summed E-state index contributed by atoms with van der Waals surface area (Å²) < 4.78 is 27.0. The maximum Gasteiger partial charge on any atom is 0.244 e. The molecule has 2 fully saturated rings. The van der Waals surface area contributed by atoms with Crippen LogP contribution in [0.4, 0.5) is 14.5 Å². The molecule has 1 saturated carbocycles. The number of halogens is 2. The van der Waals surface area contributed by atoms with Crippen molar-refractivity contribution in [1.29, 1.82) is 0 Å². The number of nitrogens with one attached hydrogen (secondary N) is 1. The molecule has 1 saturated heterocycles. The van der Waals surface area contributed by atoms with Crippen LogP contribution in [0.25, 0.3) is 0 Å². The van der Waals surface area contributed by atoms with Gasteiger partial charge in [-0.25, -0.2) is 8.78 Å². The quantitative estimate of drug-likeness (QED) is 0.867. The molecule has 3 rings (SSSR count).